The number of anilines is 5. The average Bonchev–Trinajstić information content (AvgIpc) is 2.71. The van der Waals surface area contributed by atoms with Crippen LogP contribution in [0.4, 0.5) is 28.8 Å². The van der Waals surface area contributed by atoms with Gasteiger partial charge in [-0.1, -0.05) is 19.1 Å². The molecule has 1 heterocycles. The van der Waals surface area contributed by atoms with Crippen LogP contribution in [-0.4, -0.2) is 28.3 Å². The lowest BCUT2D eigenvalue weighted by atomic mass is 10.1. The van der Waals surface area contributed by atoms with Crippen LogP contribution >= 0.6 is 0 Å². The van der Waals surface area contributed by atoms with Gasteiger partial charge >= 0.3 is 0 Å². The first-order valence-corrected chi connectivity index (χ1v) is 9.39. The Morgan fingerprint density at radius 2 is 1.44 bits per heavy atom. The maximum Gasteiger partial charge on any atom is 0.249 e. The Balaban J connectivity index is 1.68. The summed E-state index contributed by atoms with van der Waals surface area (Å²) in [4.78, 5) is 6.80. The van der Waals surface area contributed by atoms with Gasteiger partial charge in [0, 0.05) is 30.2 Å². The van der Waals surface area contributed by atoms with E-state index in [9.17, 15) is 0 Å². The lowest BCUT2D eigenvalue weighted by Crippen LogP contribution is -2.21. The number of rotatable bonds is 8. The lowest BCUT2D eigenvalue weighted by Gasteiger charge is -2.21. The Kier molecular flexibility index (Phi) is 6.20. The van der Waals surface area contributed by atoms with Gasteiger partial charge in [-0.2, -0.15) is 10.1 Å². The summed E-state index contributed by atoms with van der Waals surface area (Å²) in [5.41, 5.74) is 4.41. The summed E-state index contributed by atoms with van der Waals surface area (Å²) in [6, 6.07) is 16.5. The lowest BCUT2D eigenvalue weighted by molar-refractivity contribution is 0.866. The van der Waals surface area contributed by atoms with E-state index in [4.69, 9.17) is 0 Å². The second kappa shape index (κ2) is 8.98. The smallest absolute Gasteiger partial charge is 0.249 e. The maximum atomic E-state index is 4.49. The molecule has 3 aromatic rings. The maximum absolute atomic E-state index is 4.49. The van der Waals surface area contributed by atoms with Crippen LogP contribution in [0, 0.1) is 0 Å². The van der Waals surface area contributed by atoms with Gasteiger partial charge in [0.2, 0.25) is 5.95 Å². The molecular formula is C21H26N6. The minimum absolute atomic E-state index is 0.462. The first kappa shape index (κ1) is 18.6. The number of nitrogens with one attached hydrogen (secondary N) is 2. The fourth-order valence-electron chi connectivity index (χ4n) is 2.86. The summed E-state index contributed by atoms with van der Waals surface area (Å²) in [5, 5.41) is 14.6. The zero-order chi connectivity index (χ0) is 19.1. The molecule has 6 heteroatoms. The Bertz CT molecular complexity index is 841. The van der Waals surface area contributed by atoms with E-state index in [0.29, 0.717) is 11.8 Å². The van der Waals surface area contributed by atoms with E-state index in [1.807, 2.05) is 24.3 Å². The molecule has 27 heavy (non-hydrogen) atoms. The summed E-state index contributed by atoms with van der Waals surface area (Å²) < 4.78 is 0. The van der Waals surface area contributed by atoms with Crippen LogP contribution < -0.4 is 15.5 Å². The average molecular weight is 362 g/mol. The first-order valence-electron chi connectivity index (χ1n) is 9.39. The van der Waals surface area contributed by atoms with Crippen molar-refractivity contribution in [3.8, 4) is 0 Å². The molecule has 3 rings (SSSR count). The Labute approximate surface area is 160 Å². The van der Waals surface area contributed by atoms with Crippen LogP contribution in [0.15, 0.2) is 54.7 Å². The molecule has 0 aliphatic carbocycles. The summed E-state index contributed by atoms with van der Waals surface area (Å²) in [7, 11) is 0. The second-order valence-corrected chi connectivity index (χ2v) is 6.18. The van der Waals surface area contributed by atoms with Crippen LogP contribution in [0.1, 0.15) is 26.3 Å². The number of benzene rings is 2. The van der Waals surface area contributed by atoms with E-state index in [1.165, 1.54) is 11.3 Å². The highest BCUT2D eigenvalue weighted by molar-refractivity contribution is 5.61. The number of nitrogens with zero attached hydrogens (tertiary/aromatic N) is 4. The number of hydrogen-bond acceptors (Lipinski definition) is 6. The van der Waals surface area contributed by atoms with Gasteiger partial charge in [-0.05, 0) is 62.2 Å². The molecule has 0 atom stereocenters. The van der Waals surface area contributed by atoms with Crippen molar-refractivity contribution in [3.63, 3.8) is 0 Å². The number of aromatic nitrogens is 3. The van der Waals surface area contributed by atoms with Gasteiger partial charge in [0.25, 0.3) is 0 Å². The Morgan fingerprint density at radius 1 is 0.815 bits per heavy atom. The first-order chi connectivity index (χ1) is 13.2. The highest BCUT2D eigenvalue weighted by Gasteiger charge is 2.04. The van der Waals surface area contributed by atoms with E-state index in [2.05, 4.69) is 75.8 Å². The van der Waals surface area contributed by atoms with Gasteiger partial charge < -0.3 is 15.5 Å². The van der Waals surface area contributed by atoms with Crippen LogP contribution in [0.3, 0.4) is 0 Å². The third-order valence-electron chi connectivity index (χ3n) is 4.45. The van der Waals surface area contributed by atoms with Crippen molar-refractivity contribution >= 4 is 28.8 Å². The van der Waals surface area contributed by atoms with Crippen LogP contribution in [0.5, 0.6) is 0 Å². The van der Waals surface area contributed by atoms with Crippen molar-refractivity contribution in [2.75, 3.05) is 28.6 Å². The van der Waals surface area contributed by atoms with E-state index in [0.717, 1.165) is 30.9 Å². The van der Waals surface area contributed by atoms with E-state index < -0.39 is 0 Å². The molecule has 1 aromatic heterocycles. The predicted octanol–water partition coefficient (Wildman–Crippen LogP) is 4.77. The Morgan fingerprint density at radius 3 is 2.07 bits per heavy atom. The molecule has 0 aliphatic rings. The van der Waals surface area contributed by atoms with Gasteiger partial charge in [-0.25, -0.2) is 0 Å². The fourth-order valence-corrected chi connectivity index (χ4v) is 2.86. The van der Waals surface area contributed by atoms with Crippen LogP contribution in [-0.2, 0) is 6.42 Å². The quantitative estimate of drug-likeness (QED) is 0.602. The summed E-state index contributed by atoms with van der Waals surface area (Å²) >= 11 is 0. The molecule has 0 aliphatic heterocycles. The summed E-state index contributed by atoms with van der Waals surface area (Å²) in [6.07, 6.45) is 2.63. The van der Waals surface area contributed by atoms with Gasteiger partial charge in [0.1, 0.15) is 0 Å². The Hall–Kier alpha value is -3.15. The van der Waals surface area contributed by atoms with Gasteiger partial charge in [-0.15, -0.1) is 5.10 Å². The van der Waals surface area contributed by atoms with E-state index in [-0.39, 0.29) is 0 Å². The number of aryl methyl sites for hydroxylation is 1. The predicted molar refractivity (Wildman–Crippen MR) is 112 cm³/mol. The summed E-state index contributed by atoms with van der Waals surface area (Å²) in [6.45, 7) is 8.44. The minimum atomic E-state index is 0.462. The van der Waals surface area contributed by atoms with Crippen molar-refractivity contribution in [1.29, 1.82) is 0 Å². The molecule has 0 fully saturated rings. The van der Waals surface area contributed by atoms with E-state index in [1.54, 1.807) is 6.20 Å². The fraction of sp³-hybridized carbons (Fsp3) is 0.286. The molecule has 140 valence electrons. The van der Waals surface area contributed by atoms with Crippen molar-refractivity contribution in [3.05, 3.63) is 60.3 Å². The molecule has 0 amide bonds. The number of hydrogen-bond donors (Lipinski definition) is 2. The standard InChI is InChI=1S/C21H26N6/c1-4-16-7-9-18(10-8-16)24-21-25-20(15-22-26-21)23-17-11-13-19(14-12-17)27(5-2)6-3/h7-15H,4-6H2,1-3H3,(H2,23,24,25,26). The van der Waals surface area contributed by atoms with Crippen molar-refractivity contribution < 1.29 is 0 Å². The molecule has 6 nitrogen and oxygen atoms in total. The minimum Gasteiger partial charge on any atom is -0.372 e. The molecule has 2 aromatic carbocycles. The largest absolute Gasteiger partial charge is 0.372 e. The van der Waals surface area contributed by atoms with Gasteiger partial charge in [-0.3, -0.25) is 0 Å². The van der Waals surface area contributed by atoms with Gasteiger partial charge in [0.05, 0.1) is 6.20 Å². The van der Waals surface area contributed by atoms with Crippen molar-refractivity contribution in [1.82, 2.24) is 15.2 Å². The van der Waals surface area contributed by atoms with Gasteiger partial charge in [0.15, 0.2) is 5.82 Å². The van der Waals surface area contributed by atoms with Crippen LogP contribution in [0.2, 0.25) is 0 Å². The van der Waals surface area contributed by atoms with Crippen molar-refractivity contribution in [2.45, 2.75) is 27.2 Å². The second-order valence-electron chi connectivity index (χ2n) is 6.18. The van der Waals surface area contributed by atoms with Crippen molar-refractivity contribution in [2.24, 2.45) is 0 Å². The normalized spacial score (nSPS) is 10.5. The third kappa shape index (κ3) is 4.94. The molecule has 0 spiro atoms. The molecule has 0 saturated carbocycles. The molecular weight excluding hydrogens is 336 g/mol. The topological polar surface area (TPSA) is 66.0 Å². The molecule has 0 radical (unpaired) electrons. The summed E-state index contributed by atoms with van der Waals surface area (Å²) in [5.74, 6) is 1.11. The molecule has 0 unspecified atom stereocenters. The van der Waals surface area contributed by atoms with Crippen LogP contribution in [0.25, 0.3) is 0 Å². The molecule has 0 saturated heterocycles. The molecule has 0 bridgehead atoms. The molecule has 2 N–H and O–H groups in total. The SMILES string of the molecule is CCc1ccc(Nc2nncc(Nc3ccc(N(CC)CC)cc3)n2)cc1. The van der Waals surface area contributed by atoms with E-state index >= 15 is 0 Å². The third-order valence-corrected chi connectivity index (χ3v) is 4.45. The zero-order valence-electron chi connectivity index (χ0n) is 16.1. The zero-order valence-corrected chi connectivity index (χ0v) is 16.1. The highest BCUT2D eigenvalue weighted by Crippen LogP contribution is 2.21. The highest BCUT2D eigenvalue weighted by atomic mass is 15.3. The monoisotopic (exact) mass is 362 g/mol.